The van der Waals surface area contributed by atoms with Gasteiger partial charge in [-0.3, -0.25) is 9.78 Å². The molecule has 1 amide bonds. The van der Waals surface area contributed by atoms with Crippen molar-refractivity contribution in [1.82, 2.24) is 30.2 Å². The van der Waals surface area contributed by atoms with Gasteiger partial charge in [0.05, 0.1) is 30.0 Å². The number of nitrogens with one attached hydrogen (secondary N) is 3. The molecular formula is C20H23N7O. The molecule has 1 unspecified atom stereocenters. The van der Waals surface area contributed by atoms with Gasteiger partial charge in [0.2, 0.25) is 5.91 Å². The zero-order valence-electron chi connectivity index (χ0n) is 15.6. The van der Waals surface area contributed by atoms with Crippen LogP contribution in [0.1, 0.15) is 18.7 Å². The van der Waals surface area contributed by atoms with E-state index in [2.05, 4.69) is 35.5 Å². The molecule has 0 radical (unpaired) electrons. The predicted molar refractivity (Wildman–Crippen MR) is 107 cm³/mol. The van der Waals surface area contributed by atoms with Gasteiger partial charge in [0.15, 0.2) is 0 Å². The molecule has 1 saturated heterocycles. The molecule has 8 nitrogen and oxygen atoms in total. The van der Waals surface area contributed by atoms with Crippen LogP contribution in [0.15, 0.2) is 30.7 Å². The first kappa shape index (κ1) is 17.3. The summed E-state index contributed by atoms with van der Waals surface area (Å²) in [6, 6.07) is 3.96. The van der Waals surface area contributed by atoms with E-state index in [0.717, 1.165) is 73.6 Å². The Bertz CT molecular complexity index is 1020. The summed E-state index contributed by atoms with van der Waals surface area (Å²) in [5.41, 5.74) is 1.90. The first-order chi connectivity index (χ1) is 13.8. The van der Waals surface area contributed by atoms with Crippen molar-refractivity contribution in [3.8, 4) is 11.4 Å². The second-order valence-electron chi connectivity index (χ2n) is 7.41. The number of hydrogen-bond donors (Lipinski definition) is 3. The molecule has 0 saturated carbocycles. The minimum absolute atomic E-state index is 0.00572. The number of imidazole rings is 1. The van der Waals surface area contributed by atoms with Crippen molar-refractivity contribution in [2.45, 2.75) is 25.9 Å². The van der Waals surface area contributed by atoms with Crippen LogP contribution < -0.4 is 16.0 Å². The minimum Gasteiger partial charge on any atom is -0.324 e. The van der Waals surface area contributed by atoms with Crippen LogP contribution in [0.5, 0.6) is 0 Å². The van der Waals surface area contributed by atoms with Crippen LogP contribution >= 0.6 is 0 Å². The maximum absolute atomic E-state index is 12.5. The summed E-state index contributed by atoms with van der Waals surface area (Å²) in [5, 5.41) is 11.5. The largest absolute Gasteiger partial charge is 0.324 e. The van der Waals surface area contributed by atoms with Crippen LogP contribution in [0.2, 0.25) is 0 Å². The lowest BCUT2D eigenvalue weighted by Gasteiger charge is -2.21. The van der Waals surface area contributed by atoms with E-state index < -0.39 is 0 Å². The third-order valence-electron chi connectivity index (χ3n) is 5.52. The highest BCUT2D eigenvalue weighted by Crippen LogP contribution is 2.25. The third-order valence-corrected chi connectivity index (χ3v) is 5.52. The topological polar surface area (TPSA) is 96.8 Å². The van der Waals surface area contributed by atoms with Gasteiger partial charge >= 0.3 is 0 Å². The molecule has 3 N–H and O–H groups in total. The molecule has 1 fully saturated rings. The molecule has 28 heavy (non-hydrogen) atoms. The van der Waals surface area contributed by atoms with Gasteiger partial charge in [0.25, 0.3) is 0 Å². The van der Waals surface area contributed by atoms with Crippen molar-refractivity contribution in [1.29, 1.82) is 0 Å². The maximum atomic E-state index is 12.5. The van der Waals surface area contributed by atoms with Crippen molar-refractivity contribution in [2.24, 2.45) is 5.92 Å². The van der Waals surface area contributed by atoms with E-state index in [1.165, 1.54) is 0 Å². The van der Waals surface area contributed by atoms with Crippen LogP contribution in [0, 0.1) is 5.92 Å². The van der Waals surface area contributed by atoms with Gasteiger partial charge in [-0.15, -0.1) is 0 Å². The number of pyridine rings is 2. The summed E-state index contributed by atoms with van der Waals surface area (Å²) in [7, 11) is 0. The summed E-state index contributed by atoms with van der Waals surface area (Å²) in [5.74, 6) is 1.66. The highest BCUT2D eigenvalue weighted by atomic mass is 16.2. The van der Waals surface area contributed by atoms with E-state index in [9.17, 15) is 4.79 Å². The molecule has 2 aliphatic heterocycles. The summed E-state index contributed by atoms with van der Waals surface area (Å²) in [6.07, 6.45) is 7.42. The molecule has 144 valence electrons. The summed E-state index contributed by atoms with van der Waals surface area (Å²) >= 11 is 0. The Balaban J connectivity index is 1.43. The average Bonchev–Trinajstić information content (AvgIpc) is 3.18. The molecule has 0 aliphatic carbocycles. The lowest BCUT2D eigenvalue weighted by molar-refractivity contribution is -0.120. The number of piperidine rings is 1. The first-order valence-electron chi connectivity index (χ1n) is 9.81. The fourth-order valence-corrected chi connectivity index (χ4v) is 3.95. The van der Waals surface area contributed by atoms with Crippen molar-refractivity contribution < 1.29 is 4.79 Å². The van der Waals surface area contributed by atoms with Gasteiger partial charge in [-0.05, 0) is 36.9 Å². The Kier molecular flexibility index (Phi) is 4.50. The normalized spacial score (nSPS) is 19.4. The Morgan fingerprint density at radius 2 is 2.00 bits per heavy atom. The highest BCUT2D eigenvalue weighted by molar-refractivity contribution is 5.94. The summed E-state index contributed by atoms with van der Waals surface area (Å²) in [4.78, 5) is 26.0. The molecule has 0 bridgehead atoms. The quantitative estimate of drug-likeness (QED) is 0.641. The molecule has 0 spiro atoms. The van der Waals surface area contributed by atoms with Crippen molar-refractivity contribution in [3.05, 3.63) is 36.5 Å². The van der Waals surface area contributed by atoms with E-state index in [-0.39, 0.29) is 11.8 Å². The molecular weight excluding hydrogens is 354 g/mol. The number of nitrogens with zero attached hydrogens (tertiary/aromatic N) is 4. The van der Waals surface area contributed by atoms with Gasteiger partial charge in [-0.25, -0.2) is 9.97 Å². The Morgan fingerprint density at radius 1 is 1.07 bits per heavy atom. The standard InChI is InChI=1S/C20H23N7O/c28-20(13-2-1-3-21-8-13)26-18-7-14-6-16(23-9-15(14)10-24-18)17-11-25-19-12-22-4-5-27(17)19/h6-7,9-11,13,21-22H,1-5,8,12H2,(H,24,26,28). The van der Waals surface area contributed by atoms with Crippen LogP contribution in [0.25, 0.3) is 22.2 Å². The SMILES string of the molecule is O=C(Nc1cc2cc(-c3cnc4n3CCNC4)ncc2cn1)C1CCCNC1. The van der Waals surface area contributed by atoms with E-state index in [0.29, 0.717) is 5.82 Å². The van der Waals surface area contributed by atoms with Crippen molar-refractivity contribution in [2.75, 3.05) is 25.0 Å². The highest BCUT2D eigenvalue weighted by Gasteiger charge is 2.21. The molecule has 5 rings (SSSR count). The smallest absolute Gasteiger partial charge is 0.229 e. The summed E-state index contributed by atoms with van der Waals surface area (Å²) < 4.78 is 2.21. The number of anilines is 1. The van der Waals surface area contributed by atoms with Gasteiger partial charge in [0.1, 0.15) is 11.6 Å². The number of fused-ring (bicyclic) bond motifs is 2. The van der Waals surface area contributed by atoms with E-state index in [1.807, 2.05) is 24.5 Å². The molecule has 3 aromatic heterocycles. The zero-order chi connectivity index (χ0) is 18.9. The molecule has 1 atom stereocenters. The lowest BCUT2D eigenvalue weighted by Crippen LogP contribution is -2.37. The third kappa shape index (κ3) is 3.25. The molecule has 8 heteroatoms. The van der Waals surface area contributed by atoms with Gasteiger partial charge in [-0.1, -0.05) is 0 Å². The van der Waals surface area contributed by atoms with E-state index in [1.54, 1.807) is 6.20 Å². The van der Waals surface area contributed by atoms with E-state index >= 15 is 0 Å². The Hall–Kier alpha value is -2.84. The monoisotopic (exact) mass is 377 g/mol. The number of hydrogen-bond acceptors (Lipinski definition) is 6. The van der Waals surface area contributed by atoms with Gasteiger partial charge in [-0.2, -0.15) is 0 Å². The maximum Gasteiger partial charge on any atom is 0.229 e. The number of rotatable bonds is 3. The molecule has 0 aromatic carbocycles. The molecule has 3 aromatic rings. The fraction of sp³-hybridized carbons (Fsp3) is 0.400. The minimum atomic E-state index is 0.00572. The Labute approximate surface area is 162 Å². The fourth-order valence-electron chi connectivity index (χ4n) is 3.95. The first-order valence-corrected chi connectivity index (χ1v) is 9.81. The number of carbonyl (C=O) groups excluding carboxylic acids is 1. The predicted octanol–water partition coefficient (Wildman–Crippen LogP) is 1.53. The Morgan fingerprint density at radius 3 is 2.89 bits per heavy atom. The van der Waals surface area contributed by atoms with Crippen LogP contribution in [0.4, 0.5) is 5.82 Å². The van der Waals surface area contributed by atoms with E-state index in [4.69, 9.17) is 0 Å². The van der Waals surface area contributed by atoms with Gasteiger partial charge in [0, 0.05) is 37.4 Å². The number of amides is 1. The second-order valence-corrected chi connectivity index (χ2v) is 7.41. The van der Waals surface area contributed by atoms with Crippen LogP contribution in [-0.2, 0) is 17.9 Å². The zero-order valence-corrected chi connectivity index (χ0v) is 15.6. The van der Waals surface area contributed by atoms with Crippen molar-refractivity contribution in [3.63, 3.8) is 0 Å². The molecule has 5 heterocycles. The lowest BCUT2D eigenvalue weighted by atomic mass is 9.99. The average molecular weight is 377 g/mol. The van der Waals surface area contributed by atoms with Crippen LogP contribution in [-0.4, -0.2) is 45.1 Å². The number of aromatic nitrogens is 4. The van der Waals surface area contributed by atoms with Crippen LogP contribution in [0.3, 0.4) is 0 Å². The second kappa shape index (κ2) is 7.29. The van der Waals surface area contributed by atoms with Gasteiger partial charge < -0.3 is 20.5 Å². The summed E-state index contributed by atoms with van der Waals surface area (Å²) in [6.45, 7) is 4.32. The number of carbonyl (C=O) groups is 1. The molecule has 2 aliphatic rings. The van der Waals surface area contributed by atoms with Crippen molar-refractivity contribution >= 4 is 22.5 Å².